The molecule has 0 bridgehead atoms. The maximum Gasteiger partial charge on any atom is 0.191 e. The average molecular weight is 405 g/mol. The fourth-order valence-corrected chi connectivity index (χ4v) is 3.45. The Kier molecular flexibility index (Phi) is 8.14. The normalized spacial score (nSPS) is 16.7. The van der Waals surface area contributed by atoms with Crippen LogP contribution in [0.15, 0.2) is 47.7 Å². The van der Waals surface area contributed by atoms with E-state index < -0.39 is 0 Å². The van der Waals surface area contributed by atoms with Crippen molar-refractivity contribution in [1.82, 2.24) is 25.3 Å². The molecule has 1 aliphatic rings. The third-order valence-corrected chi connectivity index (χ3v) is 5.10. The highest BCUT2D eigenvalue weighted by molar-refractivity contribution is 6.30. The fourth-order valence-electron chi connectivity index (χ4n) is 3.33. The highest BCUT2D eigenvalue weighted by Gasteiger charge is 2.22. The van der Waals surface area contributed by atoms with E-state index in [0.29, 0.717) is 0 Å². The molecule has 1 aromatic heterocycles. The van der Waals surface area contributed by atoms with Gasteiger partial charge < -0.3 is 15.4 Å². The largest absolute Gasteiger partial charge is 0.379 e. The van der Waals surface area contributed by atoms with Crippen molar-refractivity contribution in [2.24, 2.45) is 4.99 Å². The minimum absolute atomic E-state index is 0.240. The quantitative estimate of drug-likeness (QED) is 0.401. The van der Waals surface area contributed by atoms with Crippen molar-refractivity contribution >= 4 is 17.6 Å². The van der Waals surface area contributed by atoms with E-state index in [2.05, 4.69) is 37.8 Å². The number of aliphatic imine (C=N–C) groups is 1. The van der Waals surface area contributed by atoms with Crippen LogP contribution in [0, 0.1) is 0 Å². The van der Waals surface area contributed by atoms with E-state index in [4.69, 9.17) is 16.3 Å². The van der Waals surface area contributed by atoms with Gasteiger partial charge in [0.25, 0.3) is 0 Å². The predicted molar refractivity (Wildman–Crippen MR) is 113 cm³/mol. The lowest BCUT2D eigenvalue weighted by atomic mass is 10.0. The molecule has 8 heteroatoms. The lowest BCUT2D eigenvalue weighted by Gasteiger charge is -2.35. The van der Waals surface area contributed by atoms with Crippen LogP contribution in [-0.2, 0) is 11.3 Å². The molecule has 1 fully saturated rings. The number of ether oxygens (including phenoxy) is 1. The molecule has 0 radical (unpaired) electrons. The summed E-state index contributed by atoms with van der Waals surface area (Å²) >= 11 is 6.08. The summed E-state index contributed by atoms with van der Waals surface area (Å²) in [6.45, 7) is 5.87. The molecule has 2 heterocycles. The third kappa shape index (κ3) is 6.22. The second kappa shape index (κ2) is 11.0. The molecule has 3 rings (SSSR count). The van der Waals surface area contributed by atoms with Crippen molar-refractivity contribution in [3.63, 3.8) is 0 Å². The number of halogens is 1. The summed E-state index contributed by atoms with van der Waals surface area (Å²) in [6, 6.07) is 10.3. The second-order valence-electron chi connectivity index (χ2n) is 6.72. The van der Waals surface area contributed by atoms with Crippen molar-refractivity contribution in [3.05, 3.63) is 53.3 Å². The van der Waals surface area contributed by atoms with Crippen LogP contribution in [-0.4, -0.2) is 67.1 Å². The van der Waals surface area contributed by atoms with Gasteiger partial charge in [-0.05, 0) is 30.2 Å². The van der Waals surface area contributed by atoms with Crippen LogP contribution >= 0.6 is 11.6 Å². The predicted octanol–water partition coefficient (Wildman–Crippen LogP) is 2.17. The van der Waals surface area contributed by atoms with Crippen molar-refractivity contribution < 1.29 is 4.74 Å². The van der Waals surface area contributed by atoms with Crippen LogP contribution in [0.1, 0.15) is 18.0 Å². The zero-order valence-corrected chi connectivity index (χ0v) is 17.1. The summed E-state index contributed by atoms with van der Waals surface area (Å²) in [5.74, 6) is 0.813. The number of hydrogen-bond acceptors (Lipinski definition) is 4. The van der Waals surface area contributed by atoms with Gasteiger partial charge in [0.1, 0.15) is 0 Å². The van der Waals surface area contributed by atoms with Crippen molar-refractivity contribution in [2.75, 3.05) is 46.4 Å². The molecule has 28 heavy (non-hydrogen) atoms. The van der Waals surface area contributed by atoms with Gasteiger partial charge in [-0.3, -0.25) is 14.6 Å². The van der Waals surface area contributed by atoms with Crippen LogP contribution in [0.4, 0.5) is 0 Å². The molecule has 7 nitrogen and oxygen atoms in total. The van der Waals surface area contributed by atoms with Gasteiger partial charge in [0.05, 0.1) is 19.3 Å². The summed E-state index contributed by atoms with van der Waals surface area (Å²) in [5.41, 5.74) is 1.24. The maximum atomic E-state index is 6.08. The third-order valence-electron chi connectivity index (χ3n) is 4.84. The molecule has 152 valence electrons. The first-order valence-corrected chi connectivity index (χ1v) is 10.1. The van der Waals surface area contributed by atoms with Crippen molar-refractivity contribution in [3.8, 4) is 0 Å². The van der Waals surface area contributed by atoms with E-state index in [9.17, 15) is 0 Å². The molecule has 1 aromatic carbocycles. The molecule has 1 unspecified atom stereocenters. The monoisotopic (exact) mass is 404 g/mol. The SMILES string of the molecule is CN=C(NCCCn1cccn1)NCC(c1ccc(Cl)cc1)N1CCOCC1. The molecule has 0 saturated carbocycles. The van der Waals surface area contributed by atoms with E-state index >= 15 is 0 Å². The van der Waals surface area contributed by atoms with E-state index in [0.717, 1.165) is 63.3 Å². The van der Waals surface area contributed by atoms with Gasteiger partial charge in [0, 0.05) is 57.2 Å². The molecule has 2 N–H and O–H groups in total. The Hall–Kier alpha value is -2.09. The Labute approximate surface area is 171 Å². The molecule has 1 saturated heterocycles. The van der Waals surface area contributed by atoms with Crippen LogP contribution in [0.2, 0.25) is 5.02 Å². The lowest BCUT2D eigenvalue weighted by molar-refractivity contribution is 0.0170. The van der Waals surface area contributed by atoms with Gasteiger partial charge in [0.15, 0.2) is 5.96 Å². The van der Waals surface area contributed by atoms with Gasteiger partial charge in [-0.2, -0.15) is 5.10 Å². The van der Waals surface area contributed by atoms with Crippen LogP contribution < -0.4 is 10.6 Å². The molecule has 1 atom stereocenters. The lowest BCUT2D eigenvalue weighted by Crippen LogP contribution is -2.46. The molecule has 0 amide bonds. The number of guanidine groups is 1. The minimum Gasteiger partial charge on any atom is -0.379 e. The Morgan fingerprint density at radius 1 is 1.25 bits per heavy atom. The highest BCUT2D eigenvalue weighted by Crippen LogP contribution is 2.23. The van der Waals surface area contributed by atoms with Gasteiger partial charge in [-0.1, -0.05) is 23.7 Å². The number of hydrogen-bond donors (Lipinski definition) is 2. The summed E-state index contributed by atoms with van der Waals surface area (Å²) in [6.07, 6.45) is 4.76. The van der Waals surface area contributed by atoms with Gasteiger partial charge >= 0.3 is 0 Å². The summed E-state index contributed by atoms with van der Waals surface area (Å²) in [7, 11) is 1.80. The summed E-state index contributed by atoms with van der Waals surface area (Å²) in [5, 5.41) is 11.8. The average Bonchev–Trinajstić information content (AvgIpc) is 3.25. The number of aryl methyl sites for hydroxylation is 1. The molecule has 0 aliphatic carbocycles. The molecule has 2 aromatic rings. The van der Waals surface area contributed by atoms with Crippen LogP contribution in [0.5, 0.6) is 0 Å². The molecular formula is C20H29ClN6O. The Balaban J connectivity index is 1.52. The summed E-state index contributed by atoms with van der Waals surface area (Å²) < 4.78 is 7.46. The zero-order valence-electron chi connectivity index (χ0n) is 16.4. The maximum absolute atomic E-state index is 6.08. The first-order valence-electron chi connectivity index (χ1n) is 9.75. The number of aromatic nitrogens is 2. The number of nitrogens with zero attached hydrogens (tertiary/aromatic N) is 4. The smallest absolute Gasteiger partial charge is 0.191 e. The first-order chi connectivity index (χ1) is 13.8. The number of rotatable bonds is 8. The number of morpholine rings is 1. The van der Waals surface area contributed by atoms with E-state index in [1.54, 1.807) is 13.2 Å². The van der Waals surface area contributed by atoms with Gasteiger partial charge in [-0.15, -0.1) is 0 Å². The van der Waals surface area contributed by atoms with Crippen molar-refractivity contribution in [2.45, 2.75) is 19.0 Å². The number of benzene rings is 1. The Morgan fingerprint density at radius 3 is 2.71 bits per heavy atom. The van der Waals surface area contributed by atoms with E-state index in [1.165, 1.54) is 5.56 Å². The first kappa shape index (κ1) is 20.6. The minimum atomic E-state index is 0.240. The van der Waals surface area contributed by atoms with E-state index in [1.807, 2.05) is 29.1 Å². The Morgan fingerprint density at radius 2 is 2.04 bits per heavy atom. The van der Waals surface area contributed by atoms with Crippen molar-refractivity contribution in [1.29, 1.82) is 0 Å². The topological polar surface area (TPSA) is 66.7 Å². The fraction of sp³-hybridized carbons (Fsp3) is 0.500. The highest BCUT2D eigenvalue weighted by atomic mass is 35.5. The number of nitrogens with one attached hydrogen (secondary N) is 2. The van der Waals surface area contributed by atoms with Crippen LogP contribution in [0.25, 0.3) is 0 Å². The van der Waals surface area contributed by atoms with Crippen LogP contribution in [0.3, 0.4) is 0 Å². The van der Waals surface area contributed by atoms with E-state index in [-0.39, 0.29) is 6.04 Å². The standard InChI is InChI=1S/C20H29ClN6O/c1-22-20(23-8-2-10-27-11-3-9-25-27)24-16-19(26-12-14-28-15-13-26)17-4-6-18(21)7-5-17/h3-7,9,11,19H,2,8,10,12-16H2,1H3,(H2,22,23,24). The molecular weight excluding hydrogens is 376 g/mol. The Bertz CT molecular complexity index is 713. The van der Waals surface area contributed by atoms with Gasteiger partial charge in [-0.25, -0.2) is 0 Å². The zero-order chi connectivity index (χ0) is 19.6. The molecule has 0 spiro atoms. The molecule has 1 aliphatic heterocycles. The van der Waals surface area contributed by atoms with Gasteiger partial charge in [0.2, 0.25) is 0 Å². The second-order valence-corrected chi connectivity index (χ2v) is 7.15. The summed E-state index contributed by atoms with van der Waals surface area (Å²) in [4.78, 5) is 6.80.